The van der Waals surface area contributed by atoms with Gasteiger partial charge in [0.1, 0.15) is 5.01 Å². The van der Waals surface area contributed by atoms with Crippen molar-refractivity contribution in [3.05, 3.63) is 48.0 Å². The molecule has 2 aromatic carbocycles. The Kier molecular flexibility index (Phi) is 6.59. The van der Waals surface area contributed by atoms with Crippen molar-refractivity contribution in [1.82, 2.24) is 15.2 Å². The largest absolute Gasteiger partial charge is 0.378 e. The molecule has 0 radical (unpaired) electrons. The van der Waals surface area contributed by atoms with Crippen molar-refractivity contribution in [3.63, 3.8) is 0 Å². The highest BCUT2D eigenvalue weighted by molar-refractivity contribution is 8.02. The number of morpholine rings is 1. The molecule has 0 aliphatic carbocycles. The molecule has 0 saturated carbocycles. The number of amides is 1. The second kappa shape index (κ2) is 9.76. The monoisotopic (exact) mass is 497 g/mol. The number of hydrogen-bond donors (Lipinski definition) is 1. The minimum Gasteiger partial charge on any atom is -0.378 e. The highest BCUT2D eigenvalue weighted by Crippen LogP contribution is 2.33. The van der Waals surface area contributed by atoms with Gasteiger partial charge in [-0.3, -0.25) is 4.79 Å². The molecule has 0 bridgehead atoms. The minimum absolute atomic E-state index is 0.0636. The van der Waals surface area contributed by atoms with Crippen molar-refractivity contribution in [2.45, 2.75) is 23.4 Å². The molecule has 170 valence electrons. The summed E-state index contributed by atoms with van der Waals surface area (Å²) >= 11 is 4.62. The number of benzene rings is 2. The van der Waals surface area contributed by atoms with Crippen molar-refractivity contribution >= 4 is 61.4 Å². The van der Waals surface area contributed by atoms with Crippen molar-refractivity contribution in [1.29, 1.82) is 0 Å². The molecule has 5 rings (SSSR count). The van der Waals surface area contributed by atoms with Gasteiger partial charge in [0.05, 0.1) is 28.7 Å². The summed E-state index contributed by atoms with van der Waals surface area (Å²) in [6.45, 7) is 7.03. The van der Waals surface area contributed by atoms with E-state index in [0.717, 1.165) is 44.3 Å². The molecule has 1 aliphatic rings. The van der Waals surface area contributed by atoms with Crippen LogP contribution in [0.15, 0.2) is 46.8 Å². The number of fused-ring (bicyclic) bond motifs is 1. The Morgan fingerprint density at radius 2 is 1.91 bits per heavy atom. The maximum absolute atomic E-state index is 12.7. The number of nitrogens with zero attached hydrogens (tertiary/aromatic N) is 4. The molecule has 1 N–H and O–H groups in total. The van der Waals surface area contributed by atoms with E-state index in [0.29, 0.717) is 13.2 Å². The average Bonchev–Trinajstić information content (AvgIpc) is 3.47. The van der Waals surface area contributed by atoms with Crippen LogP contribution in [0.4, 0.5) is 10.8 Å². The normalized spacial score (nSPS) is 15.0. The second-order valence-electron chi connectivity index (χ2n) is 7.77. The van der Waals surface area contributed by atoms with Gasteiger partial charge in [-0.1, -0.05) is 29.2 Å². The first-order chi connectivity index (χ1) is 16.0. The molecule has 1 unspecified atom stereocenters. The number of carbonyl (C=O) groups excluding carboxylic acids is 1. The lowest BCUT2D eigenvalue weighted by Crippen LogP contribution is -2.36. The number of thioether (sulfide) groups is 1. The van der Waals surface area contributed by atoms with Crippen LogP contribution < -0.4 is 10.2 Å². The Balaban J connectivity index is 1.20. The molecular formula is C23H23N5O2S3. The van der Waals surface area contributed by atoms with Gasteiger partial charge in [0, 0.05) is 24.3 Å². The summed E-state index contributed by atoms with van der Waals surface area (Å²) in [6.07, 6.45) is 0. The summed E-state index contributed by atoms with van der Waals surface area (Å²) in [5.41, 5.74) is 4.05. The highest BCUT2D eigenvalue weighted by atomic mass is 32.2. The van der Waals surface area contributed by atoms with Crippen LogP contribution in [0.3, 0.4) is 0 Å². The number of rotatable bonds is 6. The number of thiazole rings is 1. The van der Waals surface area contributed by atoms with Crippen molar-refractivity contribution in [2.75, 3.05) is 36.5 Å². The smallest absolute Gasteiger partial charge is 0.237 e. The fourth-order valence-corrected chi connectivity index (χ4v) is 6.54. The Hall–Kier alpha value is -2.53. The second-order valence-corrected chi connectivity index (χ2v) is 11.3. The van der Waals surface area contributed by atoms with E-state index in [4.69, 9.17) is 9.72 Å². The molecule has 7 nitrogen and oxygen atoms in total. The molecule has 3 heterocycles. The summed E-state index contributed by atoms with van der Waals surface area (Å²) in [6, 6.07) is 14.1. The molecule has 1 amide bonds. The first-order valence-corrected chi connectivity index (χ1v) is 13.2. The van der Waals surface area contributed by atoms with E-state index in [9.17, 15) is 4.79 Å². The summed E-state index contributed by atoms with van der Waals surface area (Å²) in [7, 11) is 0. The summed E-state index contributed by atoms with van der Waals surface area (Å²) < 4.78 is 7.36. The van der Waals surface area contributed by atoms with E-state index in [1.165, 1.54) is 33.4 Å². The van der Waals surface area contributed by atoms with E-state index in [1.54, 1.807) is 11.3 Å². The predicted octanol–water partition coefficient (Wildman–Crippen LogP) is 5.08. The molecule has 0 spiro atoms. The van der Waals surface area contributed by atoms with Gasteiger partial charge in [0.15, 0.2) is 4.34 Å². The maximum Gasteiger partial charge on any atom is 0.237 e. The lowest BCUT2D eigenvalue weighted by molar-refractivity contribution is -0.115. The van der Waals surface area contributed by atoms with E-state index in [-0.39, 0.29) is 11.2 Å². The molecule has 4 aromatic rings. The first-order valence-electron chi connectivity index (χ1n) is 10.7. The number of anilines is 2. The number of aromatic nitrogens is 3. The van der Waals surface area contributed by atoms with Gasteiger partial charge < -0.3 is 15.0 Å². The average molecular weight is 498 g/mol. The van der Waals surface area contributed by atoms with Gasteiger partial charge in [0.2, 0.25) is 11.0 Å². The molecule has 1 atom stereocenters. The third-order valence-electron chi connectivity index (χ3n) is 5.27. The lowest BCUT2D eigenvalue weighted by atomic mass is 10.2. The molecule has 1 fully saturated rings. The Morgan fingerprint density at radius 3 is 2.70 bits per heavy atom. The van der Waals surface area contributed by atoms with Crippen LogP contribution in [0.25, 0.3) is 20.8 Å². The highest BCUT2D eigenvalue weighted by Gasteiger charge is 2.20. The van der Waals surface area contributed by atoms with Gasteiger partial charge in [-0.05, 0) is 55.8 Å². The summed E-state index contributed by atoms with van der Waals surface area (Å²) in [4.78, 5) is 19.6. The van der Waals surface area contributed by atoms with E-state index < -0.39 is 0 Å². The first kappa shape index (κ1) is 22.3. The Bertz CT molecular complexity index is 1260. The van der Waals surface area contributed by atoms with Crippen LogP contribution in [0.2, 0.25) is 0 Å². The fourth-order valence-electron chi connectivity index (χ4n) is 3.43. The van der Waals surface area contributed by atoms with Crippen molar-refractivity contribution < 1.29 is 9.53 Å². The molecule has 2 aromatic heterocycles. The quantitative estimate of drug-likeness (QED) is 0.372. The van der Waals surface area contributed by atoms with E-state index in [1.807, 2.05) is 31.2 Å². The number of aryl methyl sites for hydroxylation is 1. The van der Waals surface area contributed by atoms with Crippen LogP contribution in [0.5, 0.6) is 0 Å². The van der Waals surface area contributed by atoms with Crippen LogP contribution >= 0.6 is 34.4 Å². The zero-order valence-electron chi connectivity index (χ0n) is 18.3. The standard InChI is InChI=1S/C23H23N5O2S3/c1-14-3-8-18-19(13-14)32-21(25-18)16-4-6-17(7-5-16)24-20(29)15(2)31-23-27-26-22(33-23)28-9-11-30-12-10-28/h3-8,13,15H,9-12H2,1-2H3,(H,24,29). The molecular weight excluding hydrogens is 474 g/mol. The maximum atomic E-state index is 12.7. The van der Waals surface area contributed by atoms with Crippen molar-refractivity contribution in [2.24, 2.45) is 0 Å². The van der Waals surface area contributed by atoms with E-state index in [2.05, 4.69) is 45.5 Å². The van der Waals surface area contributed by atoms with Gasteiger partial charge >= 0.3 is 0 Å². The fraction of sp³-hybridized carbons (Fsp3) is 0.304. The third-order valence-corrected chi connectivity index (χ3v) is 8.50. The Morgan fingerprint density at radius 1 is 1.12 bits per heavy atom. The van der Waals surface area contributed by atoms with Crippen LogP contribution in [0, 0.1) is 6.92 Å². The van der Waals surface area contributed by atoms with Gasteiger partial charge in [-0.25, -0.2) is 4.98 Å². The molecule has 33 heavy (non-hydrogen) atoms. The molecule has 10 heteroatoms. The number of nitrogens with one attached hydrogen (secondary N) is 1. The Labute approximate surface area is 204 Å². The summed E-state index contributed by atoms with van der Waals surface area (Å²) in [5.74, 6) is -0.0636. The third kappa shape index (κ3) is 5.19. The number of hydrogen-bond acceptors (Lipinski definition) is 9. The van der Waals surface area contributed by atoms with Crippen LogP contribution in [0.1, 0.15) is 12.5 Å². The number of carbonyl (C=O) groups is 1. The van der Waals surface area contributed by atoms with Crippen LogP contribution in [-0.4, -0.2) is 52.6 Å². The SMILES string of the molecule is Cc1ccc2nc(-c3ccc(NC(=O)C(C)Sc4nnc(N5CCOCC5)s4)cc3)sc2c1. The zero-order chi connectivity index (χ0) is 22.8. The zero-order valence-corrected chi connectivity index (χ0v) is 20.7. The van der Waals surface area contributed by atoms with Crippen molar-refractivity contribution in [3.8, 4) is 10.6 Å². The van der Waals surface area contributed by atoms with Crippen LogP contribution in [-0.2, 0) is 9.53 Å². The lowest BCUT2D eigenvalue weighted by Gasteiger charge is -2.25. The number of ether oxygens (including phenoxy) is 1. The van der Waals surface area contributed by atoms with Gasteiger partial charge in [-0.2, -0.15) is 0 Å². The topological polar surface area (TPSA) is 80.2 Å². The molecule has 1 aliphatic heterocycles. The summed E-state index contributed by atoms with van der Waals surface area (Å²) in [5, 5.41) is 13.1. The van der Waals surface area contributed by atoms with Gasteiger partial charge in [0.25, 0.3) is 0 Å². The molecule has 1 saturated heterocycles. The predicted molar refractivity (Wildman–Crippen MR) is 137 cm³/mol. The minimum atomic E-state index is -0.289. The van der Waals surface area contributed by atoms with Gasteiger partial charge in [-0.15, -0.1) is 21.5 Å². The van der Waals surface area contributed by atoms with E-state index >= 15 is 0 Å².